The molecule has 0 aliphatic carbocycles. The van der Waals surface area contributed by atoms with Crippen molar-refractivity contribution in [1.29, 1.82) is 0 Å². The minimum absolute atomic E-state index is 0.373. The summed E-state index contributed by atoms with van der Waals surface area (Å²) in [6.45, 7) is 6.13. The maximum absolute atomic E-state index is 11.0. The summed E-state index contributed by atoms with van der Waals surface area (Å²) in [5.41, 5.74) is 1.45. The molecule has 0 amide bonds. The molecule has 0 spiro atoms. The molecule has 19 heavy (non-hydrogen) atoms. The van der Waals surface area contributed by atoms with E-state index in [2.05, 4.69) is 17.1 Å². The largest absolute Gasteiger partial charge is 0.478 e. The predicted molar refractivity (Wildman–Crippen MR) is 75.4 cm³/mol. The van der Waals surface area contributed by atoms with Crippen LogP contribution in [0.25, 0.3) is 0 Å². The van der Waals surface area contributed by atoms with Gasteiger partial charge in [-0.15, -0.1) is 0 Å². The molecule has 0 bridgehead atoms. The van der Waals surface area contributed by atoms with E-state index < -0.39 is 5.97 Å². The molecule has 2 rings (SSSR count). The minimum atomic E-state index is -0.856. The monoisotopic (exact) mass is 262 g/mol. The fourth-order valence-corrected chi connectivity index (χ4v) is 2.64. The highest BCUT2D eigenvalue weighted by atomic mass is 16.4. The van der Waals surface area contributed by atoms with E-state index in [0.29, 0.717) is 11.6 Å². The smallest absolute Gasteiger partial charge is 0.335 e. The maximum Gasteiger partial charge on any atom is 0.335 e. The number of hydrogen-bond acceptors (Lipinski definition) is 3. The van der Waals surface area contributed by atoms with Crippen molar-refractivity contribution in [3.63, 3.8) is 0 Å². The average Bonchev–Trinajstić information content (AvgIpc) is 2.40. The third kappa shape index (κ3) is 4.04. The first-order chi connectivity index (χ1) is 9.19. The van der Waals surface area contributed by atoms with E-state index in [1.165, 1.54) is 12.8 Å². The van der Waals surface area contributed by atoms with Gasteiger partial charge in [-0.1, -0.05) is 25.5 Å². The molecule has 0 radical (unpaired) electrons. The van der Waals surface area contributed by atoms with E-state index in [1.54, 1.807) is 12.1 Å². The van der Waals surface area contributed by atoms with E-state index in [1.807, 2.05) is 12.1 Å². The molecule has 4 heteroatoms. The van der Waals surface area contributed by atoms with E-state index in [0.717, 1.165) is 31.7 Å². The van der Waals surface area contributed by atoms with Crippen LogP contribution in [0.2, 0.25) is 0 Å². The van der Waals surface area contributed by atoms with Crippen molar-refractivity contribution in [2.24, 2.45) is 0 Å². The van der Waals surface area contributed by atoms with E-state index in [4.69, 9.17) is 5.11 Å². The van der Waals surface area contributed by atoms with Gasteiger partial charge in [-0.25, -0.2) is 4.79 Å². The molecule has 4 nitrogen and oxygen atoms in total. The van der Waals surface area contributed by atoms with Crippen LogP contribution in [-0.4, -0.2) is 41.7 Å². The van der Waals surface area contributed by atoms with Crippen LogP contribution in [0.5, 0.6) is 0 Å². The summed E-state index contributed by atoms with van der Waals surface area (Å²) in [6.07, 6.45) is 2.39. The van der Waals surface area contributed by atoms with Crippen LogP contribution in [0.15, 0.2) is 24.3 Å². The molecule has 0 unspecified atom stereocenters. The summed E-state index contributed by atoms with van der Waals surface area (Å²) in [6, 6.07) is 7.82. The molecular weight excluding hydrogens is 240 g/mol. The molecule has 1 saturated heterocycles. The van der Waals surface area contributed by atoms with E-state index >= 15 is 0 Å². The lowest BCUT2D eigenvalue weighted by atomic mass is 10.1. The van der Waals surface area contributed by atoms with Crippen LogP contribution in [0.3, 0.4) is 0 Å². The number of hydrogen-bond donors (Lipinski definition) is 2. The molecular formula is C15H22N2O2. The molecule has 0 aromatic heterocycles. The van der Waals surface area contributed by atoms with Gasteiger partial charge < -0.3 is 10.4 Å². The van der Waals surface area contributed by atoms with E-state index in [-0.39, 0.29) is 0 Å². The first kappa shape index (κ1) is 14.0. The van der Waals surface area contributed by atoms with Gasteiger partial charge >= 0.3 is 5.97 Å². The number of nitrogens with one attached hydrogen (secondary N) is 1. The number of rotatable bonds is 5. The Morgan fingerprint density at radius 3 is 3.11 bits per heavy atom. The molecule has 1 aromatic carbocycles. The minimum Gasteiger partial charge on any atom is -0.478 e. The number of carbonyl (C=O) groups is 1. The number of nitrogens with zero attached hydrogens (tertiary/aromatic N) is 1. The third-order valence-electron chi connectivity index (χ3n) is 3.56. The predicted octanol–water partition coefficient (Wildman–Crippen LogP) is 1.96. The highest BCUT2D eigenvalue weighted by Gasteiger charge is 2.18. The maximum atomic E-state index is 11.0. The molecule has 2 N–H and O–H groups in total. The second-order valence-corrected chi connectivity index (χ2v) is 5.18. The van der Waals surface area contributed by atoms with Crippen LogP contribution >= 0.6 is 0 Å². The van der Waals surface area contributed by atoms with Gasteiger partial charge in [0.05, 0.1) is 5.56 Å². The molecule has 0 saturated carbocycles. The Balaban J connectivity index is 1.96. The molecule has 1 fully saturated rings. The number of piperazine rings is 1. The molecule has 1 heterocycles. The number of carboxylic acids is 1. The second-order valence-electron chi connectivity index (χ2n) is 5.18. The Morgan fingerprint density at radius 1 is 1.53 bits per heavy atom. The van der Waals surface area contributed by atoms with Gasteiger partial charge in [0, 0.05) is 32.2 Å². The molecule has 1 aliphatic heterocycles. The zero-order valence-corrected chi connectivity index (χ0v) is 11.4. The van der Waals surface area contributed by atoms with Crippen molar-refractivity contribution < 1.29 is 9.90 Å². The fourth-order valence-electron chi connectivity index (χ4n) is 2.64. The van der Waals surface area contributed by atoms with Crippen molar-refractivity contribution in [1.82, 2.24) is 10.2 Å². The lowest BCUT2D eigenvalue weighted by Crippen LogP contribution is -2.50. The third-order valence-corrected chi connectivity index (χ3v) is 3.56. The lowest BCUT2D eigenvalue weighted by Gasteiger charge is -2.33. The summed E-state index contributed by atoms with van der Waals surface area (Å²) in [4.78, 5) is 13.4. The van der Waals surface area contributed by atoms with Crippen LogP contribution in [0, 0.1) is 0 Å². The number of benzene rings is 1. The Morgan fingerprint density at radius 2 is 2.37 bits per heavy atom. The molecule has 1 aromatic rings. The molecule has 104 valence electrons. The Labute approximate surface area is 114 Å². The SMILES string of the molecule is CCC[C@H]1CN(Cc2cccc(C(=O)O)c2)CCN1. The zero-order chi connectivity index (χ0) is 13.7. The van der Waals surface area contributed by atoms with Gasteiger partial charge in [-0.2, -0.15) is 0 Å². The van der Waals surface area contributed by atoms with E-state index in [9.17, 15) is 4.79 Å². The van der Waals surface area contributed by atoms with Gasteiger partial charge in [-0.3, -0.25) is 4.90 Å². The second kappa shape index (κ2) is 6.68. The van der Waals surface area contributed by atoms with Crippen molar-refractivity contribution >= 4 is 5.97 Å². The highest BCUT2D eigenvalue weighted by Crippen LogP contribution is 2.12. The summed E-state index contributed by atoms with van der Waals surface area (Å²) in [7, 11) is 0. The molecule has 1 atom stereocenters. The Kier molecular flexibility index (Phi) is 4.93. The topological polar surface area (TPSA) is 52.6 Å². The number of carboxylic acid groups (broad SMARTS) is 1. The average molecular weight is 262 g/mol. The summed E-state index contributed by atoms with van der Waals surface area (Å²) in [5, 5.41) is 12.5. The summed E-state index contributed by atoms with van der Waals surface area (Å²) in [5.74, 6) is -0.856. The van der Waals surface area contributed by atoms with Gasteiger partial charge in [0.1, 0.15) is 0 Å². The van der Waals surface area contributed by atoms with Crippen LogP contribution < -0.4 is 5.32 Å². The van der Waals surface area contributed by atoms with Crippen molar-refractivity contribution in [3.8, 4) is 0 Å². The highest BCUT2D eigenvalue weighted by molar-refractivity contribution is 5.87. The first-order valence-corrected chi connectivity index (χ1v) is 6.97. The fraction of sp³-hybridized carbons (Fsp3) is 0.533. The Bertz CT molecular complexity index is 432. The van der Waals surface area contributed by atoms with Crippen LogP contribution in [0.4, 0.5) is 0 Å². The Hall–Kier alpha value is -1.39. The molecule has 1 aliphatic rings. The van der Waals surface area contributed by atoms with Gasteiger partial charge in [0.2, 0.25) is 0 Å². The first-order valence-electron chi connectivity index (χ1n) is 6.97. The zero-order valence-electron chi connectivity index (χ0n) is 11.4. The van der Waals surface area contributed by atoms with Crippen molar-refractivity contribution in [3.05, 3.63) is 35.4 Å². The van der Waals surface area contributed by atoms with Crippen LogP contribution in [0.1, 0.15) is 35.7 Å². The number of aromatic carboxylic acids is 1. The summed E-state index contributed by atoms with van der Waals surface area (Å²) < 4.78 is 0. The summed E-state index contributed by atoms with van der Waals surface area (Å²) >= 11 is 0. The lowest BCUT2D eigenvalue weighted by molar-refractivity contribution is 0.0696. The van der Waals surface area contributed by atoms with Gasteiger partial charge in [0.25, 0.3) is 0 Å². The van der Waals surface area contributed by atoms with Crippen molar-refractivity contribution in [2.75, 3.05) is 19.6 Å². The van der Waals surface area contributed by atoms with Crippen LogP contribution in [-0.2, 0) is 6.54 Å². The van der Waals surface area contributed by atoms with Gasteiger partial charge in [0.15, 0.2) is 0 Å². The standard InChI is InChI=1S/C15H22N2O2/c1-2-4-14-11-17(8-7-16-14)10-12-5-3-6-13(9-12)15(18)19/h3,5-6,9,14,16H,2,4,7-8,10-11H2,1H3,(H,18,19)/t14-/m0/s1. The normalized spacial score (nSPS) is 20.4. The quantitative estimate of drug-likeness (QED) is 0.851. The van der Waals surface area contributed by atoms with Crippen molar-refractivity contribution in [2.45, 2.75) is 32.4 Å². The van der Waals surface area contributed by atoms with Gasteiger partial charge in [-0.05, 0) is 24.1 Å².